The lowest BCUT2D eigenvalue weighted by Gasteiger charge is -2.27. The molecule has 1 aromatic carbocycles. The largest absolute Gasteiger partial charge is 0.326 e. The summed E-state index contributed by atoms with van der Waals surface area (Å²) in [7, 11) is 0. The third kappa shape index (κ3) is 2.06. The molecule has 0 spiro atoms. The lowest BCUT2D eigenvalue weighted by atomic mass is 9.80. The van der Waals surface area contributed by atoms with E-state index in [1.54, 1.807) is 0 Å². The van der Waals surface area contributed by atoms with Crippen LogP contribution in [0, 0.1) is 0 Å². The molecule has 0 saturated heterocycles. The Morgan fingerprint density at radius 3 is 2.20 bits per heavy atom. The summed E-state index contributed by atoms with van der Waals surface area (Å²) >= 11 is 4.54. The monoisotopic (exact) mass is 221 g/mol. The van der Waals surface area contributed by atoms with E-state index in [1.165, 1.54) is 36.8 Å². The van der Waals surface area contributed by atoms with Crippen LogP contribution >= 0.6 is 12.6 Å². The van der Waals surface area contributed by atoms with Gasteiger partial charge in [-0.1, -0.05) is 37.1 Å². The molecule has 1 saturated carbocycles. The van der Waals surface area contributed by atoms with Crippen molar-refractivity contribution in [3.05, 3.63) is 35.4 Å². The Labute approximate surface area is 97.5 Å². The first-order valence-corrected chi connectivity index (χ1v) is 6.34. The fraction of sp³-hybridized carbons (Fsp3) is 0.538. The molecule has 1 aliphatic rings. The van der Waals surface area contributed by atoms with Crippen molar-refractivity contribution in [2.45, 2.75) is 37.6 Å². The van der Waals surface area contributed by atoms with Gasteiger partial charge in [0.05, 0.1) is 0 Å². The summed E-state index contributed by atoms with van der Waals surface area (Å²) in [6.45, 7) is 0.633. The average molecular weight is 221 g/mol. The van der Waals surface area contributed by atoms with Gasteiger partial charge in [0.1, 0.15) is 0 Å². The molecule has 15 heavy (non-hydrogen) atoms. The second-order valence-corrected chi connectivity index (χ2v) is 4.86. The van der Waals surface area contributed by atoms with Crippen LogP contribution in [0.5, 0.6) is 0 Å². The maximum Gasteiger partial charge on any atom is 0.0178 e. The van der Waals surface area contributed by atoms with Crippen molar-refractivity contribution in [2.24, 2.45) is 5.73 Å². The van der Waals surface area contributed by atoms with E-state index in [1.807, 2.05) is 0 Å². The first kappa shape index (κ1) is 11.0. The van der Waals surface area contributed by atoms with Crippen LogP contribution in [0.2, 0.25) is 0 Å². The van der Waals surface area contributed by atoms with E-state index in [0.29, 0.717) is 12.0 Å². The second-order valence-electron chi connectivity index (χ2n) is 4.55. The Morgan fingerprint density at radius 1 is 1.13 bits per heavy atom. The molecule has 2 N–H and O–H groups in total. The van der Waals surface area contributed by atoms with Crippen molar-refractivity contribution < 1.29 is 0 Å². The summed E-state index contributed by atoms with van der Waals surface area (Å²) in [5.41, 5.74) is 8.61. The van der Waals surface area contributed by atoms with E-state index in [2.05, 4.69) is 36.9 Å². The highest BCUT2D eigenvalue weighted by Crippen LogP contribution is 2.41. The van der Waals surface area contributed by atoms with Crippen molar-refractivity contribution in [2.75, 3.05) is 5.75 Å². The van der Waals surface area contributed by atoms with Crippen LogP contribution in [0.4, 0.5) is 0 Å². The van der Waals surface area contributed by atoms with Crippen LogP contribution in [0.25, 0.3) is 0 Å². The van der Waals surface area contributed by atoms with Gasteiger partial charge in [-0.15, -0.1) is 0 Å². The topological polar surface area (TPSA) is 26.0 Å². The third-order valence-electron chi connectivity index (χ3n) is 3.67. The molecule has 0 radical (unpaired) electrons. The smallest absolute Gasteiger partial charge is 0.0178 e. The van der Waals surface area contributed by atoms with Crippen LogP contribution in [-0.2, 0) is 12.0 Å². The summed E-state index contributed by atoms with van der Waals surface area (Å²) in [5.74, 6) is 0.967. The highest BCUT2D eigenvalue weighted by atomic mass is 32.1. The molecule has 0 aromatic heterocycles. The van der Waals surface area contributed by atoms with Gasteiger partial charge in [-0.2, -0.15) is 12.6 Å². The zero-order chi connectivity index (χ0) is 10.7. The first-order chi connectivity index (χ1) is 7.30. The lowest BCUT2D eigenvalue weighted by molar-refractivity contribution is 0.503. The predicted molar refractivity (Wildman–Crippen MR) is 68.3 cm³/mol. The fourth-order valence-electron chi connectivity index (χ4n) is 2.58. The molecule has 82 valence electrons. The molecule has 0 aliphatic heterocycles. The average Bonchev–Trinajstić information content (AvgIpc) is 2.79. The molecule has 1 aliphatic carbocycles. The van der Waals surface area contributed by atoms with Gasteiger partial charge >= 0.3 is 0 Å². The van der Waals surface area contributed by atoms with Crippen LogP contribution in [0.3, 0.4) is 0 Å². The van der Waals surface area contributed by atoms with E-state index in [4.69, 9.17) is 5.73 Å². The molecule has 0 bridgehead atoms. The summed E-state index contributed by atoms with van der Waals surface area (Å²) < 4.78 is 0. The Balaban J connectivity index is 2.26. The molecule has 1 aromatic rings. The normalized spacial score (nSPS) is 19.3. The Morgan fingerprint density at radius 2 is 1.73 bits per heavy atom. The summed E-state index contributed by atoms with van der Waals surface area (Å²) in [6, 6.07) is 8.78. The first-order valence-electron chi connectivity index (χ1n) is 5.71. The fourth-order valence-corrected chi connectivity index (χ4v) is 3.08. The van der Waals surface area contributed by atoms with E-state index in [-0.39, 0.29) is 0 Å². The molecular formula is C13H19NS. The Bertz CT molecular complexity index is 312. The van der Waals surface area contributed by atoms with Gasteiger partial charge in [0.25, 0.3) is 0 Å². The van der Waals surface area contributed by atoms with Crippen molar-refractivity contribution in [3.8, 4) is 0 Å². The molecule has 0 amide bonds. The molecule has 1 fully saturated rings. The minimum atomic E-state index is 0.343. The quantitative estimate of drug-likeness (QED) is 0.754. The van der Waals surface area contributed by atoms with Gasteiger partial charge in [-0.3, -0.25) is 0 Å². The third-order valence-corrected chi connectivity index (χ3v) is 4.27. The number of hydrogen-bond donors (Lipinski definition) is 2. The maximum absolute atomic E-state index is 5.60. The second kappa shape index (κ2) is 4.58. The van der Waals surface area contributed by atoms with E-state index in [0.717, 1.165) is 5.75 Å². The van der Waals surface area contributed by atoms with Gasteiger partial charge in [0.15, 0.2) is 0 Å². The molecule has 2 heteroatoms. The SMILES string of the molecule is NCc1ccc(C2(CS)CCCC2)cc1. The van der Waals surface area contributed by atoms with Gasteiger partial charge in [-0.25, -0.2) is 0 Å². The predicted octanol–water partition coefficient (Wildman–Crippen LogP) is 2.89. The van der Waals surface area contributed by atoms with E-state index >= 15 is 0 Å². The number of nitrogens with two attached hydrogens (primary N) is 1. The minimum absolute atomic E-state index is 0.343. The number of thiol groups is 1. The molecular weight excluding hydrogens is 202 g/mol. The Kier molecular flexibility index (Phi) is 3.37. The maximum atomic E-state index is 5.60. The zero-order valence-electron chi connectivity index (χ0n) is 9.08. The number of hydrogen-bond acceptors (Lipinski definition) is 2. The molecule has 0 atom stereocenters. The lowest BCUT2D eigenvalue weighted by Crippen LogP contribution is -2.24. The zero-order valence-corrected chi connectivity index (χ0v) is 9.97. The highest BCUT2D eigenvalue weighted by Gasteiger charge is 2.33. The molecule has 2 rings (SSSR count). The summed E-state index contributed by atoms with van der Waals surface area (Å²) in [5, 5.41) is 0. The van der Waals surface area contributed by atoms with Crippen LogP contribution in [-0.4, -0.2) is 5.75 Å². The highest BCUT2D eigenvalue weighted by molar-refractivity contribution is 7.80. The number of rotatable bonds is 3. The van der Waals surface area contributed by atoms with Crippen molar-refractivity contribution in [1.82, 2.24) is 0 Å². The molecule has 1 nitrogen and oxygen atoms in total. The summed E-state index contributed by atoms with van der Waals surface area (Å²) in [4.78, 5) is 0. The van der Waals surface area contributed by atoms with Gasteiger partial charge in [0, 0.05) is 12.0 Å². The number of benzene rings is 1. The minimum Gasteiger partial charge on any atom is -0.326 e. The van der Waals surface area contributed by atoms with Crippen molar-refractivity contribution >= 4 is 12.6 Å². The van der Waals surface area contributed by atoms with Gasteiger partial charge in [0.2, 0.25) is 0 Å². The van der Waals surface area contributed by atoms with Crippen molar-refractivity contribution in [3.63, 3.8) is 0 Å². The summed E-state index contributed by atoms with van der Waals surface area (Å²) in [6.07, 6.45) is 5.27. The van der Waals surface area contributed by atoms with E-state index < -0.39 is 0 Å². The Hall–Kier alpha value is -0.470. The van der Waals surface area contributed by atoms with Gasteiger partial charge < -0.3 is 5.73 Å². The van der Waals surface area contributed by atoms with Crippen LogP contribution in [0.1, 0.15) is 36.8 Å². The molecule has 0 unspecified atom stereocenters. The van der Waals surface area contributed by atoms with Gasteiger partial charge in [-0.05, 0) is 29.7 Å². The van der Waals surface area contributed by atoms with Crippen molar-refractivity contribution in [1.29, 1.82) is 0 Å². The van der Waals surface area contributed by atoms with E-state index in [9.17, 15) is 0 Å². The van der Waals surface area contributed by atoms with Crippen LogP contribution < -0.4 is 5.73 Å². The molecule has 0 heterocycles. The standard InChI is InChI=1S/C13H19NS/c14-9-11-3-5-12(6-4-11)13(10-15)7-1-2-8-13/h3-6,15H,1-2,7-10,14H2. The van der Waals surface area contributed by atoms with Crippen LogP contribution in [0.15, 0.2) is 24.3 Å².